The standard InChI is InChI=1S/C28H29N3O3/c1-2-18-33-26-12-5-6-13-27(26)34-23-9-7-8-21(19-23)20-30-16-14-22(15-17-30)31-25-11-4-3-10-24(25)29-28(31)32/h2-13,19,22H,1,14-18,20H2,(H,29,32). The highest BCUT2D eigenvalue weighted by Gasteiger charge is 2.23. The Kier molecular flexibility index (Phi) is 6.49. The molecule has 6 heteroatoms. The van der Waals surface area contributed by atoms with Gasteiger partial charge in [-0.25, -0.2) is 4.79 Å². The van der Waals surface area contributed by atoms with Gasteiger partial charge in [0.15, 0.2) is 11.5 Å². The van der Waals surface area contributed by atoms with Gasteiger partial charge < -0.3 is 14.5 Å². The van der Waals surface area contributed by atoms with Crippen LogP contribution in [0, 0.1) is 0 Å². The summed E-state index contributed by atoms with van der Waals surface area (Å²) in [6, 6.07) is 24.0. The Morgan fingerprint density at radius 2 is 1.74 bits per heavy atom. The van der Waals surface area contributed by atoms with Crippen LogP contribution in [0.2, 0.25) is 0 Å². The number of para-hydroxylation sites is 4. The predicted molar refractivity (Wildman–Crippen MR) is 135 cm³/mol. The number of H-pyrrole nitrogens is 1. The van der Waals surface area contributed by atoms with Crippen LogP contribution in [-0.2, 0) is 6.54 Å². The minimum absolute atomic E-state index is 0.0122. The number of likely N-dealkylation sites (tertiary alicyclic amines) is 1. The third-order valence-corrected chi connectivity index (χ3v) is 6.28. The summed E-state index contributed by atoms with van der Waals surface area (Å²) in [6.45, 7) is 6.87. The molecule has 1 N–H and O–H groups in total. The lowest BCUT2D eigenvalue weighted by molar-refractivity contribution is 0.180. The Balaban J connectivity index is 1.23. The fourth-order valence-electron chi connectivity index (χ4n) is 4.67. The summed E-state index contributed by atoms with van der Waals surface area (Å²) in [7, 11) is 0. The zero-order valence-corrected chi connectivity index (χ0v) is 19.2. The maximum atomic E-state index is 12.5. The normalized spacial score (nSPS) is 14.8. The molecule has 1 aromatic heterocycles. The van der Waals surface area contributed by atoms with Crippen LogP contribution in [0.15, 0.2) is 90.2 Å². The highest BCUT2D eigenvalue weighted by molar-refractivity contribution is 5.75. The number of fused-ring (bicyclic) bond motifs is 1. The number of nitrogens with zero attached hydrogens (tertiary/aromatic N) is 2. The van der Waals surface area contributed by atoms with Crippen LogP contribution in [-0.4, -0.2) is 34.1 Å². The summed E-state index contributed by atoms with van der Waals surface area (Å²) in [5.74, 6) is 2.17. The van der Waals surface area contributed by atoms with E-state index < -0.39 is 0 Å². The topological polar surface area (TPSA) is 59.5 Å². The maximum absolute atomic E-state index is 12.5. The number of imidazole rings is 1. The monoisotopic (exact) mass is 455 g/mol. The van der Waals surface area contributed by atoms with Crippen LogP contribution in [0.25, 0.3) is 11.0 Å². The number of rotatable bonds is 8. The molecule has 4 aromatic rings. The molecule has 5 rings (SSSR count). The van der Waals surface area contributed by atoms with Gasteiger partial charge >= 0.3 is 5.69 Å². The first kappa shape index (κ1) is 22.0. The average molecular weight is 456 g/mol. The van der Waals surface area contributed by atoms with E-state index in [2.05, 4.69) is 28.6 Å². The van der Waals surface area contributed by atoms with Crippen molar-refractivity contribution in [1.29, 1.82) is 0 Å². The Bertz CT molecular complexity index is 1330. The van der Waals surface area contributed by atoms with Crippen LogP contribution in [0.5, 0.6) is 17.2 Å². The lowest BCUT2D eigenvalue weighted by Crippen LogP contribution is -2.36. The largest absolute Gasteiger partial charge is 0.486 e. The molecule has 0 aliphatic carbocycles. The smallest absolute Gasteiger partial charge is 0.326 e. The minimum Gasteiger partial charge on any atom is -0.486 e. The van der Waals surface area contributed by atoms with E-state index in [1.165, 1.54) is 5.56 Å². The van der Waals surface area contributed by atoms with Crippen molar-refractivity contribution >= 4 is 11.0 Å². The number of benzene rings is 3. The number of hydrogen-bond acceptors (Lipinski definition) is 4. The van der Waals surface area contributed by atoms with E-state index in [1.54, 1.807) is 6.08 Å². The molecule has 0 bridgehead atoms. The van der Waals surface area contributed by atoms with Crippen molar-refractivity contribution in [2.75, 3.05) is 19.7 Å². The molecular weight excluding hydrogens is 426 g/mol. The lowest BCUT2D eigenvalue weighted by Gasteiger charge is -2.32. The van der Waals surface area contributed by atoms with Gasteiger partial charge in [-0.15, -0.1) is 0 Å². The zero-order chi connectivity index (χ0) is 23.3. The molecule has 1 aliphatic heterocycles. The van der Waals surface area contributed by atoms with Crippen LogP contribution in [0.3, 0.4) is 0 Å². The molecule has 0 radical (unpaired) electrons. The number of hydrogen-bond donors (Lipinski definition) is 1. The average Bonchev–Trinajstić information content (AvgIpc) is 3.20. The van der Waals surface area contributed by atoms with Crippen molar-refractivity contribution in [3.8, 4) is 17.2 Å². The fourth-order valence-corrected chi connectivity index (χ4v) is 4.67. The van der Waals surface area contributed by atoms with Gasteiger partial charge in [0.25, 0.3) is 0 Å². The molecule has 2 heterocycles. The van der Waals surface area contributed by atoms with Gasteiger partial charge in [-0.2, -0.15) is 0 Å². The number of aromatic amines is 1. The van der Waals surface area contributed by atoms with Gasteiger partial charge in [-0.1, -0.05) is 49.1 Å². The fraction of sp³-hybridized carbons (Fsp3) is 0.250. The van der Waals surface area contributed by atoms with E-state index in [4.69, 9.17) is 9.47 Å². The molecule has 0 saturated carbocycles. The summed E-state index contributed by atoms with van der Waals surface area (Å²) in [6.07, 6.45) is 3.62. The third-order valence-electron chi connectivity index (χ3n) is 6.28. The Hall–Kier alpha value is -3.77. The number of aromatic nitrogens is 2. The second kappa shape index (κ2) is 10.0. The highest BCUT2D eigenvalue weighted by Crippen LogP contribution is 2.32. The summed E-state index contributed by atoms with van der Waals surface area (Å²) in [5.41, 5.74) is 3.09. The summed E-state index contributed by atoms with van der Waals surface area (Å²) in [5, 5.41) is 0. The van der Waals surface area contributed by atoms with Gasteiger partial charge in [0.2, 0.25) is 0 Å². The second-order valence-electron chi connectivity index (χ2n) is 8.62. The predicted octanol–water partition coefficient (Wildman–Crippen LogP) is 5.52. The van der Waals surface area contributed by atoms with Crippen molar-refractivity contribution in [1.82, 2.24) is 14.5 Å². The lowest BCUT2D eigenvalue weighted by atomic mass is 10.0. The third kappa shape index (κ3) is 4.77. The van der Waals surface area contributed by atoms with Crippen LogP contribution in [0.4, 0.5) is 0 Å². The molecule has 0 spiro atoms. The Labute approximate surface area is 199 Å². The van der Waals surface area contributed by atoms with Crippen LogP contribution in [0.1, 0.15) is 24.4 Å². The van der Waals surface area contributed by atoms with E-state index in [0.29, 0.717) is 18.1 Å². The van der Waals surface area contributed by atoms with E-state index >= 15 is 0 Å². The van der Waals surface area contributed by atoms with Crippen LogP contribution >= 0.6 is 0 Å². The van der Waals surface area contributed by atoms with Crippen molar-refractivity contribution in [2.24, 2.45) is 0 Å². The highest BCUT2D eigenvalue weighted by atomic mass is 16.5. The van der Waals surface area contributed by atoms with Gasteiger partial charge in [-0.3, -0.25) is 9.47 Å². The number of piperidine rings is 1. The summed E-state index contributed by atoms with van der Waals surface area (Å²) < 4.78 is 13.8. The van der Waals surface area contributed by atoms with Crippen molar-refractivity contribution in [2.45, 2.75) is 25.4 Å². The van der Waals surface area contributed by atoms with Crippen molar-refractivity contribution in [3.63, 3.8) is 0 Å². The molecule has 3 aromatic carbocycles. The summed E-state index contributed by atoms with van der Waals surface area (Å²) >= 11 is 0. The SMILES string of the molecule is C=CCOc1ccccc1Oc1cccc(CN2CCC(n3c(=O)[nH]c4ccccc43)CC2)c1. The first-order valence-corrected chi connectivity index (χ1v) is 11.7. The number of ether oxygens (including phenoxy) is 2. The van der Waals surface area contributed by atoms with E-state index in [9.17, 15) is 4.79 Å². The summed E-state index contributed by atoms with van der Waals surface area (Å²) in [4.78, 5) is 18.0. The van der Waals surface area contributed by atoms with E-state index in [0.717, 1.165) is 49.3 Å². The molecule has 1 saturated heterocycles. The molecule has 0 atom stereocenters. The van der Waals surface area contributed by atoms with Gasteiger partial charge in [0.05, 0.1) is 11.0 Å². The van der Waals surface area contributed by atoms with Crippen molar-refractivity contribution in [3.05, 3.63) is 101 Å². The quantitative estimate of drug-likeness (QED) is 0.355. The van der Waals surface area contributed by atoms with E-state index in [-0.39, 0.29) is 11.7 Å². The van der Waals surface area contributed by atoms with Crippen LogP contribution < -0.4 is 15.2 Å². The number of nitrogens with one attached hydrogen (secondary N) is 1. The Morgan fingerprint density at radius 1 is 0.971 bits per heavy atom. The molecule has 34 heavy (non-hydrogen) atoms. The zero-order valence-electron chi connectivity index (χ0n) is 19.2. The van der Waals surface area contributed by atoms with Gasteiger partial charge in [-0.05, 0) is 54.8 Å². The first-order valence-electron chi connectivity index (χ1n) is 11.7. The van der Waals surface area contributed by atoms with Gasteiger partial charge in [0, 0.05) is 25.7 Å². The molecule has 1 aliphatic rings. The van der Waals surface area contributed by atoms with Gasteiger partial charge in [0.1, 0.15) is 12.4 Å². The minimum atomic E-state index is -0.0122. The van der Waals surface area contributed by atoms with Crippen molar-refractivity contribution < 1.29 is 9.47 Å². The molecule has 0 amide bonds. The Morgan fingerprint density at radius 3 is 2.56 bits per heavy atom. The van der Waals surface area contributed by atoms with E-state index in [1.807, 2.05) is 65.2 Å². The molecule has 1 fully saturated rings. The maximum Gasteiger partial charge on any atom is 0.326 e. The first-order chi connectivity index (χ1) is 16.7. The molecule has 0 unspecified atom stereocenters. The molecule has 6 nitrogen and oxygen atoms in total. The molecule has 174 valence electrons. The second-order valence-corrected chi connectivity index (χ2v) is 8.62. The molecular formula is C28H29N3O3.